The summed E-state index contributed by atoms with van der Waals surface area (Å²) in [4.78, 5) is 10.1. The molecule has 0 spiro atoms. The van der Waals surface area contributed by atoms with Crippen molar-refractivity contribution in [3.05, 3.63) is 0 Å². The van der Waals surface area contributed by atoms with Gasteiger partial charge in [-0.3, -0.25) is 4.79 Å². The lowest BCUT2D eigenvalue weighted by Gasteiger charge is -2.04. The number of carboxylic acids is 1. The smallest absolute Gasteiger partial charge is 0.303 e. The average molecular weight is 181 g/mol. The van der Waals surface area contributed by atoms with E-state index in [9.17, 15) is 13.2 Å². The molecule has 0 unspecified atom stereocenters. The predicted octanol–water partition coefficient (Wildman–Crippen LogP) is -0.614. The van der Waals surface area contributed by atoms with Gasteiger partial charge in [0, 0.05) is 6.42 Å². The van der Waals surface area contributed by atoms with E-state index in [1.54, 1.807) is 0 Å². The Morgan fingerprint density at radius 1 is 1.64 bits per heavy atom. The van der Waals surface area contributed by atoms with Crippen molar-refractivity contribution in [1.82, 2.24) is 0 Å². The maximum Gasteiger partial charge on any atom is 0.303 e. The van der Waals surface area contributed by atoms with Crippen molar-refractivity contribution in [1.29, 1.82) is 0 Å². The van der Waals surface area contributed by atoms with Gasteiger partial charge in [-0.25, -0.2) is 13.6 Å². The van der Waals surface area contributed by atoms with E-state index in [-0.39, 0.29) is 12.2 Å². The van der Waals surface area contributed by atoms with Gasteiger partial charge in [0.15, 0.2) is 0 Å². The molecule has 3 N–H and O–H groups in total. The molecule has 0 saturated heterocycles. The van der Waals surface area contributed by atoms with E-state index in [2.05, 4.69) is 0 Å². The number of nitrogens with two attached hydrogens (primary N) is 1. The van der Waals surface area contributed by atoms with Crippen LogP contribution in [0.15, 0.2) is 0 Å². The van der Waals surface area contributed by atoms with E-state index in [4.69, 9.17) is 10.2 Å². The number of sulfonamides is 1. The SMILES string of the molecule is C[C@@H](CC(=O)O)CS(N)(=O)=O. The molecule has 0 aromatic rings. The highest BCUT2D eigenvalue weighted by atomic mass is 32.2. The van der Waals surface area contributed by atoms with Crippen molar-refractivity contribution in [3.8, 4) is 0 Å². The average Bonchev–Trinajstić information content (AvgIpc) is 1.53. The molecule has 0 bridgehead atoms. The zero-order valence-electron chi connectivity index (χ0n) is 6.15. The van der Waals surface area contributed by atoms with E-state index in [1.807, 2.05) is 0 Å². The van der Waals surface area contributed by atoms with Crippen LogP contribution in [0.25, 0.3) is 0 Å². The number of aliphatic carboxylic acids is 1. The van der Waals surface area contributed by atoms with Gasteiger partial charge in [-0.15, -0.1) is 0 Å². The zero-order chi connectivity index (χ0) is 9.07. The second kappa shape index (κ2) is 3.68. The minimum absolute atomic E-state index is 0.170. The number of carboxylic acid groups (broad SMARTS) is 1. The van der Waals surface area contributed by atoms with Gasteiger partial charge >= 0.3 is 5.97 Å². The lowest BCUT2D eigenvalue weighted by molar-refractivity contribution is -0.137. The fraction of sp³-hybridized carbons (Fsp3) is 0.800. The van der Waals surface area contributed by atoms with Crippen LogP contribution < -0.4 is 5.14 Å². The number of carbonyl (C=O) groups is 1. The van der Waals surface area contributed by atoms with Crippen LogP contribution in [0.2, 0.25) is 0 Å². The van der Waals surface area contributed by atoms with Crippen molar-refractivity contribution >= 4 is 16.0 Å². The number of primary sulfonamides is 1. The molecule has 0 radical (unpaired) electrons. The van der Waals surface area contributed by atoms with Crippen molar-refractivity contribution in [2.45, 2.75) is 13.3 Å². The summed E-state index contributed by atoms with van der Waals surface area (Å²) >= 11 is 0. The van der Waals surface area contributed by atoms with E-state index < -0.39 is 21.9 Å². The molecule has 1 atom stereocenters. The summed E-state index contributed by atoms with van der Waals surface area (Å²) in [7, 11) is -3.53. The van der Waals surface area contributed by atoms with Crippen molar-refractivity contribution in [2.75, 3.05) is 5.75 Å². The van der Waals surface area contributed by atoms with Gasteiger partial charge in [-0.1, -0.05) is 6.92 Å². The Labute approximate surface area is 65.3 Å². The summed E-state index contributed by atoms with van der Waals surface area (Å²) in [5.41, 5.74) is 0. The minimum atomic E-state index is -3.53. The van der Waals surface area contributed by atoms with Crippen LogP contribution >= 0.6 is 0 Å². The van der Waals surface area contributed by atoms with Crippen LogP contribution in [0.5, 0.6) is 0 Å². The topological polar surface area (TPSA) is 97.5 Å². The summed E-state index contributed by atoms with van der Waals surface area (Å²) in [5.74, 6) is -1.72. The van der Waals surface area contributed by atoms with Gasteiger partial charge < -0.3 is 5.11 Å². The normalized spacial score (nSPS) is 14.4. The Morgan fingerprint density at radius 2 is 2.09 bits per heavy atom. The molecule has 6 heteroatoms. The zero-order valence-corrected chi connectivity index (χ0v) is 6.97. The first kappa shape index (κ1) is 10.4. The Bertz CT molecular complexity index is 233. The molecule has 0 aromatic heterocycles. The molecule has 0 aliphatic heterocycles. The Hall–Kier alpha value is -0.620. The first-order valence-corrected chi connectivity index (χ1v) is 4.75. The molecule has 0 aliphatic rings. The minimum Gasteiger partial charge on any atom is -0.481 e. The van der Waals surface area contributed by atoms with Crippen molar-refractivity contribution in [3.63, 3.8) is 0 Å². The summed E-state index contributed by atoms with van der Waals surface area (Å²) < 4.78 is 20.8. The molecule has 0 rings (SSSR count). The fourth-order valence-corrected chi connectivity index (χ4v) is 1.66. The van der Waals surface area contributed by atoms with Crippen molar-refractivity contribution < 1.29 is 18.3 Å². The van der Waals surface area contributed by atoms with E-state index in [1.165, 1.54) is 6.92 Å². The van der Waals surface area contributed by atoms with Crippen molar-refractivity contribution in [2.24, 2.45) is 11.1 Å². The maximum atomic E-state index is 10.4. The quantitative estimate of drug-likeness (QED) is 0.604. The van der Waals surface area contributed by atoms with Gasteiger partial charge in [0.25, 0.3) is 0 Å². The largest absolute Gasteiger partial charge is 0.481 e. The van der Waals surface area contributed by atoms with E-state index in [0.29, 0.717) is 0 Å². The Morgan fingerprint density at radius 3 is 2.36 bits per heavy atom. The predicted molar refractivity (Wildman–Crippen MR) is 39.4 cm³/mol. The molecular formula is C5H11NO4S. The third-order valence-electron chi connectivity index (χ3n) is 1.04. The second-order valence-electron chi connectivity index (χ2n) is 2.53. The lowest BCUT2D eigenvalue weighted by Crippen LogP contribution is -2.22. The third-order valence-corrected chi connectivity index (χ3v) is 2.07. The molecule has 0 amide bonds. The molecule has 66 valence electrons. The second-order valence-corrected chi connectivity index (χ2v) is 4.19. The van der Waals surface area contributed by atoms with Crippen LogP contribution in [0.1, 0.15) is 13.3 Å². The molecule has 5 nitrogen and oxygen atoms in total. The number of hydrogen-bond acceptors (Lipinski definition) is 3. The summed E-state index contributed by atoms with van der Waals surface area (Å²) in [6, 6.07) is 0. The summed E-state index contributed by atoms with van der Waals surface area (Å²) in [6.45, 7) is 1.53. The van der Waals surface area contributed by atoms with Crippen LogP contribution in [0, 0.1) is 5.92 Å². The molecule has 0 aromatic carbocycles. The molecule has 0 saturated carbocycles. The first-order valence-electron chi connectivity index (χ1n) is 3.03. The third kappa shape index (κ3) is 7.27. The molecule has 0 fully saturated rings. The van der Waals surface area contributed by atoms with Gasteiger partial charge in [0.05, 0.1) is 5.75 Å². The van der Waals surface area contributed by atoms with E-state index in [0.717, 1.165) is 0 Å². The Kier molecular flexibility index (Phi) is 3.47. The molecule has 0 heterocycles. The van der Waals surface area contributed by atoms with Crippen LogP contribution in [-0.4, -0.2) is 25.2 Å². The van der Waals surface area contributed by atoms with Gasteiger partial charge in [0.2, 0.25) is 10.0 Å². The monoisotopic (exact) mass is 181 g/mol. The highest BCUT2D eigenvalue weighted by Crippen LogP contribution is 2.03. The van der Waals surface area contributed by atoms with Crippen LogP contribution in [0.4, 0.5) is 0 Å². The lowest BCUT2D eigenvalue weighted by atomic mass is 10.1. The van der Waals surface area contributed by atoms with Gasteiger partial charge in [-0.2, -0.15) is 0 Å². The van der Waals surface area contributed by atoms with Gasteiger partial charge in [0.1, 0.15) is 0 Å². The number of rotatable bonds is 4. The van der Waals surface area contributed by atoms with Gasteiger partial charge in [-0.05, 0) is 5.92 Å². The molecular weight excluding hydrogens is 170 g/mol. The van der Waals surface area contributed by atoms with E-state index >= 15 is 0 Å². The summed E-state index contributed by atoms with van der Waals surface area (Å²) in [5, 5.41) is 12.9. The van der Waals surface area contributed by atoms with Crippen LogP contribution in [-0.2, 0) is 14.8 Å². The summed E-state index contributed by atoms with van der Waals surface area (Å²) in [6.07, 6.45) is -0.170. The highest BCUT2D eigenvalue weighted by Gasteiger charge is 2.13. The first-order chi connectivity index (χ1) is 4.81. The molecule has 0 aliphatic carbocycles. The maximum absolute atomic E-state index is 10.4. The highest BCUT2D eigenvalue weighted by molar-refractivity contribution is 7.89. The fourth-order valence-electron chi connectivity index (χ4n) is 0.754. The number of hydrogen-bond donors (Lipinski definition) is 2. The standard InChI is InChI=1S/C5H11NO4S/c1-4(2-5(7)8)3-11(6,9)10/h4H,2-3H2,1H3,(H,7,8)(H2,6,9,10)/t4-/m0/s1. The Balaban J connectivity index is 3.89. The molecule has 11 heavy (non-hydrogen) atoms. The van der Waals surface area contributed by atoms with Crippen LogP contribution in [0.3, 0.4) is 0 Å².